The van der Waals surface area contributed by atoms with Crippen molar-refractivity contribution in [3.63, 3.8) is 0 Å². The molecular formula is C68H125N2O6P. The van der Waals surface area contributed by atoms with Crippen molar-refractivity contribution in [1.82, 2.24) is 5.32 Å². The summed E-state index contributed by atoms with van der Waals surface area (Å²) in [7, 11) is 1.26. The van der Waals surface area contributed by atoms with Crippen LogP contribution in [0.5, 0.6) is 0 Å². The van der Waals surface area contributed by atoms with Crippen LogP contribution in [0.25, 0.3) is 0 Å². The highest BCUT2D eigenvalue weighted by Crippen LogP contribution is 2.38. The molecule has 0 fully saturated rings. The molecule has 448 valence electrons. The normalized spacial score (nSPS) is 14.3. The summed E-state index contributed by atoms with van der Waals surface area (Å²) in [5.41, 5.74) is 0. The van der Waals surface area contributed by atoms with Gasteiger partial charge in [0.1, 0.15) is 13.2 Å². The van der Waals surface area contributed by atoms with Gasteiger partial charge in [-0.05, 0) is 64.2 Å². The van der Waals surface area contributed by atoms with E-state index in [9.17, 15) is 19.4 Å². The molecule has 0 aliphatic carbocycles. The lowest BCUT2D eigenvalue weighted by Gasteiger charge is -2.30. The van der Waals surface area contributed by atoms with E-state index in [1.165, 1.54) is 186 Å². The second-order valence-corrected chi connectivity index (χ2v) is 24.5. The van der Waals surface area contributed by atoms with E-state index in [0.29, 0.717) is 23.9 Å². The number of nitrogens with zero attached hydrogens (tertiary/aromatic N) is 1. The van der Waals surface area contributed by atoms with Crippen molar-refractivity contribution in [2.45, 2.75) is 302 Å². The maximum Gasteiger partial charge on any atom is 0.268 e. The average molecular weight is 1100 g/mol. The number of aliphatic hydroxyl groups excluding tert-OH is 1. The predicted octanol–water partition coefficient (Wildman–Crippen LogP) is 19.7. The van der Waals surface area contributed by atoms with Crippen molar-refractivity contribution in [1.29, 1.82) is 0 Å². The summed E-state index contributed by atoms with van der Waals surface area (Å²) >= 11 is 0. The van der Waals surface area contributed by atoms with E-state index >= 15 is 0 Å². The number of phosphoric ester groups is 1. The van der Waals surface area contributed by atoms with Gasteiger partial charge in [-0.3, -0.25) is 9.36 Å². The quantitative estimate of drug-likeness (QED) is 0.0272. The van der Waals surface area contributed by atoms with Crippen LogP contribution in [-0.2, 0) is 18.4 Å². The monoisotopic (exact) mass is 1100 g/mol. The minimum absolute atomic E-state index is 0.00281. The Kier molecular flexibility index (Phi) is 56.6. The first kappa shape index (κ1) is 74.7. The van der Waals surface area contributed by atoms with E-state index < -0.39 is 20.0 Å². The maximum atomic E-state index is 13.0. The highest BCUT2D eigenvalue weighted by molar-refractivity contribution is 7.45. The number of likely N-dealkylation sites (N-methyl/N-ethyl adjacent to an activating group) is 1. The number of unbranched alkanes of at least 4 members (excludes halogenated alkanes) is 32. The van der Waals surface area contributed by atoms with E-state index in [1.54, 1.807) is 0 Å². The summed E-state index contributed by atoms with van der Waals surface area (Å²) in [6, 6.07) is -0.839. The van der Waals surface area contributed by atoms with Crippen molar-refractivity contribution in [3.05, 3.63) is 85.1 Å². The van der Waals surface area contributed by atoms with E-state index in [1.807, 2.05) is 21.1 Å². The lowest BCUT2D eigenvalue weighted by molar-refractivity contribution is -0.870. The van der Waals surface area contributed by atoms with Gasteiger partial charge in [0.05, 0.1) is 39.9 Å². The highest BCUT2D eigenvalue weighted by atomic mass is 31.2. The fourth-order valence-electron chi connectivity index (χ4n) is 9.39. The van der Waals surface area contributed by atoms with Gasteiger partial charge in [0.2, 0.25) is 5.91 Å². The topological polar surface area (TPSA) is 108 Å². The molecule has 8 nitrogen and oxygen atoms in total. The Morgan fingerprint density at radius 2 is 0.779 bits per heavy atom. The number of phosphoric acid groups is 1. The van der Waals surface area contributed by atoms with Gasteiger partial charge in [-0.1, -0.05) is 304 Å². The lowest BCUT2D eigenvalue weighted by atomic mass is 10.0. The Labute approximate surface area is 477 Å². The molecule has 9 heteroatoms. The summed E-state index contributed by atoms with van der Waals surface area (Å²) < 4.78 is 23.4. The second-order valence-electron chi connectivity index (χ2n) is 23.1. The van der Waals surface area contributed by atoms with Gasteiger partial charge < -0.3 is 28.8 Å². The Balaban J connectivity index is 4.14. The minimum atomic E-state index is -4.60. The zero-order valence-electron chi connectivity index (χ0n) is 51.1. The fraction of sp³-hybridized carbons (Fsp3) is 0.779. The lowest BCUT2D eigenvalue weighted by Crippen LogP contribution is -2.46. The van der Waals surface area contributed by atoms with Crippen LogP contribution in [0, 0.1) is 0 Å². The standard InChI is InChI=1S/C68H125N2O6P/c1-6-8-10-12-14-16-18-20-22-24-26-28-30-31-32-33-34-35-36-37-38-40-41-43-45-47-49-51-53-55-57-59-61-67(71)66(65-76-77(73,74)75-64-63-70(3,4)5)69-68(72)62-60-58-56-54-52-50-48-46-44-42-39-29-27-25-23-21-19-17-15-13-11-9-7-2/h9,11,15,17,21,23,27,29,42,44,48,50,54,56,66-67,71H,6-8,10,12-14,16,18-20,22,24-26,28,30-41,43,45-47,49,51-53,55,57-65H2,1-5H3,(H-,69,72,73,74)/b11-9-,17-15-,23-21-,29-27-,44-42-,50-48-,56-54-. The van der Waals surface area contributed by atoms with Gasteiger partial charge in [-0.25, -0.2) is 0 Å². The Morgan fingerprint density at radius 3 is 1.10 bits per heavy atom. The van der Waals surface area contributed by atoms with Crippen LogP contribution in [0.2, 0.25) is 0 Å². The van der Waals surface area contributed by atoms with Crippen molar-refractivity contribution >= 4 is 13.7 Å². The Hall–Kier alpha value is -2.32. The molecule has 3 atom stereocenters. The third-order valence-electron chi connectivity index (χ3n) is 14.4. The van der Waals surface area contributed by atoms with Crippen LogP contribution in [-0.4, -0.2) is 68.5 Å². The van der Waals surface area contributed by atoms with Crippen LogP contribution in [0.1, 0.15) is 290 Å². The van der Waals surface area contributed by atoms with Crippen molar-refractivity contribution < 1.29 is 32.9 Å². The van der Waals surface area contributed by atoms with Gasteiger partial charge in [-0.2, -0.15) is 0 Å². The zero-order valence-corrected chi connectivity index (χ0v) is 52.0. The zero-order chi connectivity index (χ0) is 56.3. The molecule has 0 radical (unpaired) electrons. The van der Waals surface area contributed by atoms with Crippen LogP contribution in [0.4, 0.5) is 0 Å². The summed E-state index contributed by atoms with van der Waals surface area (Å²) in [5.74, 6) is -0.222. The Morgan fingerprint density at radius 1 is 0.468 bits per heavy atom. The molecule has 0 rings (SSSR count). The molecule has 1 amide bonds. The average Bonchev–Trinajstić information content (AvgIpc) is 3.39. The van der Waals surface area contributed by atoms with Crippen LogP contribution in [0.3, 0.4) is 0 Å². The summed E-state index contributed by atoms with van der Waals surface area (Å²) in [4.78, 5) is 25.6. The first-order chi connectivity index (χ1) is 37.5. The largest absolute Gasteiger partial charge is 0.756 e. The molecule has 0 aliphatic rings. The first-order valence-electron chi connectivity index (χ1n) is 32.4. The number of aliphatic hydroxyl groups is 1. The van der Waals surface area contributed by atoms with Crippen LogP contribution >= 0.6 is 7.82 Å². The molecule has 0 aliphatic heterocycles. The van der Waals surface area contributed by atoms with Gasteiger partial charge in [0.25, 0.3) is 7.82 Å². The number of quaternary nitrogens is 1. The number of nitrogens with one attached hydrogen (secondary N) is 1. The number of allylic oxidation sites excluding steroid dienone is 14. The number of rotatable bonds is 59. The van der Waals surface area contributed by atoms with Crippen LogP contribution in [0.15, 0.2) is 85.1 Å². The summed E-state index contributed by atoms with van der Waals surface area (Å²) in [5, 5.41) is 14.0. The molecule has 0 aromatic carbocycles. The molecule has 3 unspecified atom stereocenters. The van der Waals surface area contributed by atoms with Gasteiger partial charge in [0, 0.05) is 6.42 Å². The van der Waals surface area contributed by atoms with Crippen molar-refractivity contribution in [2.75, 3.05) is 40.9 Å². The van der Waals surface area contributed by atoms with Crippen molar-refractivity contribution in [2.24, 2.45) is 0 Å². The van der Waals surface area contributed by atoms with Gasteiger partial charge in [-0.15, -0.1) is 0 Å². The maximum absolute atomic E-state index is 13.0. The molecule has 77 heavy (non-hydrogen) atoms. The fourth-order valence-corrected chi connectivity index (χ4v) is 10.1. The highest BCUT2D eigenvalue weighted by Gasteiger charge is 2.24. The second kappa shape index (κ2) is 58.3. The number of hydrogen-bond donors (Lipinski definition) is 2. The van der Waals surface area contributed by atoms with E-state index in [4.69, 9.17) is 9.05 Å². The molecule has 0 saturated heterocycles. The summed E-state index contributed by atoms with van der Waals surface area (Å²) in [6.45, 7) is 4.59. The molecule has 0 aromatic heterocycles. The molecule has 0 bridgehead atoms. The van der Waals surface area contributed by atoms with Crippen LogP contribution < -0.4 is 10.2 Å². The third kappa shape index (κ3) is 61.2. The number of carbonyl (C=O) groups is 1. The SMILES string of the molecule is CC/C=C\C/C=C\C/C=C\C/C=C\C/C=C\C/C=C\C/C=C\CCCC(=O)NC(COP(=O)([O-])OCC[N+](C)(C)C)C(O)CCCCCCCCCCCCCCCCCCCCCCCCCCCCCCCCCC. The molecule has 2 N–H and O–H groups in total. The number of amides is 1. The van der Waals surface area contributed by atoms with Gasteiger partial charge in [0.15, 0.2) is 0 Å². The first-order valence-corrected chi connectivity index (χ1v) is 33.9. The number of carbonyl (C=O) groups excluding carboxylic acids is 1. The van der Waals surface area contributed by atoms with E-state index in [2.05, 4.69) is 104 Å². The number of hydrogen-bond acceptors (Lipinski definition) is 6. The van der Waals surface area contributed by atoms with Gasteiger partial charge >= 0.3 is 0 Å². The molecular weight excluding hydrogens is 972 g/mol. The smallest absolute Gasteiger partial charge is 0.268 e. The molecule has 0 spiro atoms. The summed E-state index contributed by atoms with van der Waals surface area (Å²) in [6.07, 6.45) is 82.3. The van der Waals surface area contributed by atoms with E-state index in [0.717, 1.165) is 70.6 Å². The van der Waals surface area contributed by atoms with Crippen molar-refractivity contribution in [3.8, 4) is 0 Å². The predicted molar refractivity (Wildman–Crippen MR) is 334 cm³/mol. The van der Waals surface area contributed by atoms with E-state index in [-0.39, 0.29) is 25.5 Å². The molecule has 0 aromatic rings. The third-order valence-corrected chi connectivity index (χ3v) is 15.4. The minimum Gasteiger partial charge on any atom is -0.756 e. The molecule has 0 heterocycles. The Bertz CT molecular complexity index is 1530. The molecule has 0 saturated carbocycles.